The summed E-state index contributed by atoms with van der Waals surface area (Å²) in [5, 5.41) is 4.28. The minimum Gasteiger partial charge on any atom is -0.449 e. The second kappa shape index (κ2) is 8.79. The van der Waals surface area contributed by atoms with Gasteiger partial charge in [-0.15, -0.1) is 11.3 Å². The molecule has 5 nitrogen and oxygen atoms in total. The van der Waals surface area contributed by atoms with Crippen LogP contribution in [0.25, 0.3) is 0 Å². The molecule has 0 radical (unpaired) electrons. The maximum atomic E-state index is 13.6. The first-order valence-electron chi connectivity index (χ1n) is 8.82. The number of thiophene rings is 1. The Kier molecular flexibility index (Phi) is 6.19. The molecule has 0 aliphatic heterocycles. The maximum absolute atomic E-state index is 13.6. The molecule has 0 saturated heterocycles. The third kappa shape index (κ3) is 4.75. The van der Waals surface area contributed by atoms with Crippen LogP contribution in [0, 0.1) is 12.7 Å². The Labute approximate surface area is 171 Å². The molecule has 3 rings (SSSR count). The van der Waals surface area contributed by atoms with Crippen LogP contribution >= 0.6 is 11.3 Å². The largest absolute Gasteiger partial charge is 0.449 e. The Hall–Kier alpha value is -3.32. The second-order valence-electron chi connectivity index (χ2n) is 6.35. The Balaban J connectivity index is 1.72. The number of amides is 1. The Morgan fingerprint density at radius 3 is 2.41 bits per heavy atom. The van der Waals surface area contributed by atoms with E-state index in [1.165, 1.54) is 36.5 Å². The van der Waals surface area contributed by atoms with Crippen LogP contribution in [0.1, 0.15) is 38.1 Å². The van der Waals surface area contributed by atoms with E-state index >= 15 is 0 Å². The summed E-state index contributed by atoms with van der Waals surface area (Å²) < 4.78 is 18.9. The van der Waals surface area contributed by atoms with Crippen LogP contribution in [0.5, 0.6) is 0 Å². The summed E-state index contributed by atoms with van der Waals surface area (Å²) in [6.45, 7) is 3.02. The van der Waals surface area contributed by atoms with Gasteiger partial charge in [-0.05, 0) is 49.1 Å². The fourth-order valence-electron chi connectivity index (χ4n) is 2.59. The van der Waals surface area contributed by atoms with Crippen LogP contribution in [0.2, 0.25) is 0 Å². The van der Waals surface area contributed by atoms with Gasteiger partial charge in [0, 0.05) is 11.3 Å². The van der Waals surface area contributed by atoms with E-state index in [0.29, 0.717) is 10.4 Å². The summed E-state index contributed by atoms with van der Waals surface area (Å²) in [4.78, 5) is 38.0. The number of carbonyl (C=O) groups excluding carboxylic acids is 3. The molecule has 2 aromatic carbocycles. The van der Waals surface area contributed by atoms with Gasteiger partial charge in [0.2, 0.25) is 5.78 Å². The molecule has 1 aromatic heterocycles. The van der Waals surface area contributed by atoms with Gasteiger partial charge in [-0.2, -0.15) is 0 Å². The molecule has 29 heavy (non-hydrogen) atoms. The predicted octanol–water partition coefficient (Wildman–Crippen LogP) is 4.61. The molecule has 0 bridgehead atoms. The minimum absolute atomic E-state index is 0.0759. The van der Waals surface area contributed by atoms with Crippen LogP contribution in [0.3, 0.4) is 0 Å². The van der Waals surface area contributed by atoms with Crippen molar-refractivity contribution in [2.75, 3.05) is 5.32 Å². The molecule has 1 heterocycles. The van der Waals surface area contributed by atoms with Crippen LogP contribution in [0.15, 0.2) is 60.0 Å². The van der Waals surface area contributed by atoms with Gasteiger partial charge in [0.25, 0.3) is 5.91 Å². The number of hydrogen-bond acceptors (Lipinski definition) is 5. The van der Waals surface area contributed by atoms with Crippen LogP contribution in [-0.4, -0.2) is 23.8 Å². The van der Waals surface area contributed by atoms with Gasteiger partial charge < -0.3 is 10.1 Å². The van der Waals surface area contributed by atoms with Crippen molar-refractivity contribution < 1.29 is 23.5 Å². The first-order chi connectivity index (χ1) is 13.9. The molecule has 7 heteroatoms. The lowest BCUT2D eigenvalue weighted by molar-refractivity contribution is -0.123. The van der Waals surface area contributed by atoms with E-state index in [9.17, 15) is 18.8 Å². The molecular formula is C22H18FNO4S. The Morgan fingerprint density at radius 1 is 1.03 bits per heavy atom. The molecule has 1 N–H and O–H groups in total. The molecule has 1 atom stereocenters. The van der Waals surface area contributed by atoms with E-state index in [1.54, 1.807) is 48.7 Å². The number of benzene rings is 2. The Morgan fingerprint density at radius 2 is 1.76 bits per heavy atom. The second-order valence-corrected chi connectivity index (χ2v) is 7.30. The summed E-state index contributed by atoms with van der Waals surface area (Å²) in [5.74, 6) is -2.14. The quantitative estimate of drug-likeness (QED) is 0.475. The van der Waals surface area contributed by atoms with Crippen molar-refractivity contribution in [1.29, 1.82) is 0 Å². The molecule has 0 saturated carbocycles. The third-order valence-electron chi connectivity index (χ3n) is 4.23. The number of carbonyl (C=O) groups is 3. The zero-order valence-electron chi connectivity index (χ0n) is 15.8. The first kappa shape index (κ1) is 20.4. The molecule has 0 aliphatic carbocycles. The lowest BCUT2D eigenvalue weighted by Crippen LogP contribution is -2.30. The molecular weight excluding hydrogens is 393 g/mol. The lowest BCUT2D eigenvalue weighted by Gasteiger charge is -2.15. The summed E-state index contributed by atoms with van der Waals surface area (Å²) >= 11 is 1.27. The van der Waals surface area contributed by atoms with Crippen molar-refractivity contribution >= 4 is 34.7 Å². The lowest BCUT2D eigenvalue weighted by atomic mass is 10.0. The van der Waals surface area contributed by atoms with Crippen molar-refractivity contribution in [2.24, 2.45) is 0 Å². The topological polar surface area (TPSA) is 72.5 Å². The molecule has 0 fully saturated rings. The zero-order chi connectivity index (χ0) is 21.0. The van der Waals surface area contributed by atoms with Crippen LogP contribution < -0.4 is 5.32 Å². The van der Waals surface area contributed by atoms with E-state index in [4.69, 9.17) is 4.74 Å². The predicted molar refractivity (Wildman–Crippen MR) is 109 cm³/mol. The van der Waals surface area contributed by atoms with E-state index in [0.717, 1.165) is 0 Å². The van der Waals surface area contributed by atoms with E-state index in [2.05, 4.69) is 5.32 Å². The number of anilines is 1. The molecule has 0 aliphatic rings. The van der Waals surface area contributed by atoms with Gasteiger partial charge in [0.05, 0.1) is 10.4 Å². The van der Waals surface area contributed by atoms with Gasteiger partial charge in [-0.3, -0.25) is 9.59 Å². The number of halogens is 1. The van der Waals surface area contributed by atoms with Gasteiger partial charge in [-0.25, -0.2) is 9.18 Å². The van der Waals surface area contributed by atoms with Crippen LogP contribution in [0.4, 0.5) is 10.1 Å². The number of ketones is 1. The van der Waals surface area contributed by atoms with Crippen molar-refractivity contribution in [3.05, 3.63) is 87.4 Å². The van der Waals surface area contributed by atoms with E-state index < -0.39 is 23.8 Å². The minimum atomic E-state index is -1.14. The molecule has 3 aromatic rings. The molecule has 0 spiro atoms. The molecule has 148 valence electrons. The van der Waals surface area contributed by atoms with Gasteiger partial charge in [0.15, 0.2) is 6.10 Å². The van der Waals surface area contributed by atoms with E-state index in [1.807, 2.05) is 0 Å². The van der Waals surface area contributed by atoms with Gasteiger partial charge >= 0.3 is 5.97 Å². The first-order valence-corrected chi connectivity index (χ1v) is 9.70. The normalized spacial score (nSPS) is 11.6. The maximum Gasteiger partial charge on any atom is 0.339 e. The third-order valence-corrected chi connectivity index (χ3v) is 5.10. The smallest absolute Gasteiger partial charge is 0.339 e. The fourth-order valence-corrected chi connectivity index (χ4v) is 3.27. The summed E-state index contributed by atoms with van der Waals surface area (Å²) in [5.41, 5.74) is 0.990. The standard InChI is InChI=1S/C22H18FNO4S/c1-13-9-10-15(12-18(13)23)24-21(26)14(2)28-22(27)17-7-4-3-6-16(17)20(25)19-8-5-11-29-19/h3-12,14H,1-2H3,(H,24,26)/t14-/m1/s1. The van der Waals surface area contributed by atoms with Gasteiger partial charge in [-0.1, -0.05) is 30.3 Å². The van der Waals surface area contributed by atoms with Crippen LogP contribution in [-0.2, 0) is 9.53 Å². The number of ether oxygens (including phenoxy) is 1. The average molecular weight is 411 g/mol. The van der Waals surface area contributed by atoms with Crippen molar-refractivity contribution in [3.8, 4) is 0 Å². The summed E-state index contributed by atoms with van der Waals surface area (Å²) in [6.07, 6.45) is -1.14. The van der Waals surface area contributed by atoms with Crippen molar-refractivity contribution in [1.82, 2.24) is 0 Å². The number of rotatable bonds is 6. The molecule has 1 amide bonds. The number of hydrogen-bond donors (Lipinski definition) is 1. The average Bonchev–Trinajstić information content (AvgIpc) is 3.25. The summed E-state index contributed by atoms with van der Waals surface area (Å²) in [6, 6.07) is 14.0. The number of esters is 1. The highest BCUT2D eigenvalue weighted by atomic mass is 32.1. The fraction of sp³-hybridized carbons (Fsp3) is 0.136. The monoisotopic (exact) mass is 411 g/mol. The number of nitrogens with one attached hydrogen (secondary N) is 1. The highest BCUT2D eigenvalue weighted by Crippen LogP contribution is 2.20. The van der Waals surface area contributed by atoms with Gasteiger partial charge in [0.1, 0.15) is 5.82 Å². The van der Waals surface area contributed by atoms with Crippen molar-refractivity contribution in [3.63, 3.8) is 0 Å². The zero-order valence-corrected chi connectivity index (χ0v) is 16.6. The Bertz CT molecular complexity index is 1060. The SMILES string of the molecule is Cc1ccc(NC(=O)[C@@H](C)OC(=O)c2ccccc2C(=O)c2cccs2)cc1F. The molecule has 0 unspecified atom stereocenters. The highest BCUT2D eigenvalue weighted by Gasteiger charge is 2.24. The highest BCUT2D eigenvalue weighted by molar-refractivity contribution is 7.12. The number of aryl methyl sites for hydroxylation is 1. The summed E-state index contributed by atoms with van der Waals surface area (Å²) in [7, 11) is 0. The van der Waals surface area contributed by atoms with E-state index in [-0.39, 0.29) is 22.6 Å². The van der Waals surface area contributed by atoms with Crippen molar-refractivity contribution in [2.45, 2.75) is 20.0 Å².